The molecule has 0 radical (unpaired) electrons. The van der Waals surface area contributed by atoms with E-state index in [4.69, 9.17) is 11.2 Å². The fraction of sp³-hybridized carbons (Fsp3) is 0.400. The largest absolute Gasteiger partial charge is 0.467 e. The van der Waals surface area contributed by atoms with Gasteiger partial charge in [-0.3, -0.25) is 0 Å². The minimum absolute atomic E-state index is 0.183. The van der Waals surface area contributed by atoms with E-state index >= 15 is 0 Å². The molecule has 1 rings (SSSR count). The summed E-state index contributed by atoms with van der Waals surface area (Å²) in [6, 6.07) is 9.32. The van der Waals surface area contributed by atoms with Gasteiger partial charge in [0.2, 0.25) is 0 Å². The van der Waals surface area contributed by atoms with E-state index in [0.717, 1.165) is 5.56 Å². The molecule has 0 bridgehead atoms. The van der Waals surface area contributed by atoms with Gasteiger partial charge in [-0.15, -0.1) is 6.42 Å². The number of aliphatic hydroxyl groups excluding tert-OH is 1. The first-order valence-electron chi connectivity index (χ1n) is 5.97. The summed E-state index contributed by atoms with van der Waals surface area (Å²) in [6.07, 6.45) is 3.82. The van der Waals surface area contributed by atoms with Crippen LogP contribution in [0.2, 0.25) is 0 Å². The van der Waals surface area contributed by atoms with Crippen LogP contribution >= 0.6 is 0 Å². The van der Waals surface area contributed by atoms with Crippen molar-refractivity contribution in [2.24, 2.45) is 5.92 Å². The normalized spacial score (nSPS) is 15.1. The van der Waals surface area contributed by atoms with Gasteiger partial charge in [-0.25, -0.2) is 4.79 Å². The van der Waals surface area contributed by atoms with Gasteiger partial charge in [0.25, 0.3) is 0 Å². The summed E-state index contributed by atoms with van der Waals surface area (Å²) in [4.78, 5) is 11.2. The number of carbonyl (C=O) groups excluding carboxylic acids is 1. The van der Waals surface area contributed by atoms with Crippen LogP contribution in [0.1, 0.15) is 18.6 Å². The van der Waals surface area contributed by atoms with E-state index in [9.17, 15) is 9.90 Å². The lowest BCUT2D eigenvalue weighted by molar-refractivity contribution is -0.150. The summed E-state index contributed by atoms with van der Waals surface area (Å²) in [5, 5.41) is 9.75. The summed E-state index contributed by atoms with van der Waals surface area (Å²) >= 11 is 0. The first kappa shape index (κ1) is 15.2. The van der Waals surface area contributed by atoms with Crippen LogP contribution < -0.4 is 0 Å². The lowest BCUT2D eigenvalue weighted by Gasteiger charge is -2.25. The fourth-order valence-electron chi connectivity index (χ4n) is 1.73. The first-order valence-corrected chi connectivity index (χ1v) is 5.97. The Hall–Kier alpha value is -1.83. The molecule has 0 aliphatic carbocycles. The molecular weight excluding hydrogens is 244 g/mol. The molecule has 4 nitrogen and oxygen atoms in total. The zero-order valence-corrected chi connectivity index (χ0v) is 11.1. The quantitative estimate of drug-likeness (QED) is 0.624. The molecule has 0 saturated carbocycles. The fourth-order valence-corrected chi connectivity index (χ4v) is 1.73. The van der Waals surface area contributed by atoms with Gasteiger partial charge in [0.1, 0.15) is 12.7 Å². The zero-order valence-electron chi connectivity index (χ0n) is 11.1. The number of ether oxygens (including phenoxy) is 2. The number of rotatable bonds is 6. The van der Waals surface area contributed by atoms with E-state index in [-0.39, 0.29) is 12.5 Å². The number of methoxy groups -OCH3 is 1. The predicted molar refractivity (Wildman–Crippen MR) is 71.2 cm³/mol. The van der Waals surface area contributed by atoms with Crippen molar-refractivity contribution in [1.29, 1.82) is 0 Å². The van der Waals surface area contributed by atoms with Gasteiger partial charge >= 0.3 is 5.97 Å². The second-order valence-electron chi connectivity index (χ2n) is 4.19. The smallest absolute Gasteiger partial charge is 0.331 e. The van der Waals surface area contributed by atoms with Crippen molar-refractivity contribution in [1.82, 2.24) is 0 Å². The Morgan fingerprint density at radius 2 is 2.05 bits per heavy atom. The first-order chi connectivity index (χ1) is 9.10. The Morgan fingerprint density at radius 1 is 1.42 bits per heavy atom. The molecule has 0 heterocycles. The molecule has 3 atom stereocenters. The molecule has 0 fully saturated rings. The average molecular weight is 262 g/mol. The van der Waals surface area contributed by atoms with E-state index in [1.165, 1.54) is 7.11 Å². The van der Waals surface area contributed by atoms with Crippen LogP contribution in [0.4, 0.5) is 0 Å². The Kier molecular flexibility index (Phi) is 6.07. The zero-order chi connectivity index (χ0) is 14.3. The number of esters is 1. The Labute approximate surface area is 113 Å². The topological polar surface area (TPSA) is 55.8 Å². The highest BCUT2D eigenvalue weighted by atomic mass is 16.6. The van der Waals surface area contributed by atoms with Crippen molar-refractivity contribution >= 4 is 5.97 Å². The lowest BCUT2D eigenvalue weighted by atomic mass is 9.92. The molecule has 1 N–H and O–H groups in total. The van der Waals surface area contributed by atoms with Crippen LogP contribution in [-0.4, -0.2) is 30.9 Å². The van der Waals surface area contributed by atoms with Gasteiger partial charge in [0.05, 0.1) is 13.2 Å². The molecule has 102 valence electrons. The van der Waals surface area contributed by atoms with Crippen LogP contribution in [0.25, 0.3) is 0 Å². The summed E-state index contributed by atoms with van der Waals surface area (Å²) in [5.41, 5.74) is 0.855. The second kappa shape index (κ2) is 7.57. The van der Waals surface area contributed by atoms with Gasteiger partial charge in [-0.05, 0) is 5.56 Å². The van der Waals surface area contributed by atoms with Gasteiger partial charge < -0.3 is 14.6 Å². The Morgan fingerprint density at radius 3 is 2.58 bits per heavy atom. The van der Waals surface area contributed by atoms with E-state index in [1.807, 2.05) is 30.3 Å². The van der Waals surface area contributed by atoms with Crippen LogP contribution in [0, 0.1) is 18.3 Å². The van der Waals surface area contributed by atoms with Gasteiger partial charge in [-0.1, -0.05) is 43.2 Å². The van der Waals surface area contributed by atoms with Gasteiger partial charge in [0, 0.05) is 5.92 Å². The highest BCUT2D eigenvalue weighted by molar-refractivity contribution is 5.70. The Bertz CT molecular complexity index is 435. The third-order valence-electron chi connectivity index (χ3n) is 2.88. The summed E-state index contributed by atoms with van der Waals surface area (Å²) < 4.78 is 10.1. The number of carbonyl (C=O) groups is 1. The molecule has 0 saturated heterocycles. The van der Waals surface area contributed by atoms with Crippen LogP contribution in [0.15, 0.2) is 30.3 Å². The summed E-state index contributed by atoms with van der Waals surface area (Å²) in [7, 11) is 1.29. The standard InChI is InChI=1S/C15H18O4/c1-4-13(16)11(2)15(19-10-14(17)18-3)12-8-6-5-7-9-12/h1,5-9,11,13,15-16H,10H2,2-3H3/t11?,13?,15-/m0/s1. The van der Waals surface area contributed by atoms with Crippen molar-refractivity contribution in [3.63, 3.8) is 0 Å². The molecule has 0 aromatic heterocycles. The van der Waals surface area contributed by atoms with Crippen molar-refractivity contribution < 1.29 is 19.4 Å². The highest BCUT2D eigenvalue weighted by Crippen LogP contribution is 2.28. The summed E-state index contributed by atoms with van der Waals surface area (Å²) in [5.74, 6) is 1.47. The highest BCUT2D eigenvalue weighted by Gasteiger charge is 2.26. The van der Waals surface area contributed by atoms with E-state index in [1.54, 1.807) is 6.92 Å². The number of hydrogen-bond acceptors (Lipinski definition) is 4. The SMILES string of the molecule is C#CC(O)C(C)[C@H](OCC(=O)OC)c1ccccc1. The number of benzene rings is 1. The molecule has 1 aromatic rings. The van der Waals surface area contributed by atoms with Crippen molar-refractivity contribution in [3.05, 3.63) is 35.9 Å². The maximum atomic E-state index is 11.2. The third kappa shape index (κ3) is 4.40. The Balaban J connectivity index is 2.85. The minimum Gasteiger partial charge on any atom is -0.467 e. The second-order valence-corrected chi connectivity index (χ2v) is 4.19. The average Bonchev–Trinajstić information content (AvgIpc) is 2.47. The van der Waals surface area contributed by atoms with E-state index in [2.05, 4.69) is 10.7 Å². The van der Waals surface area contributed by atoms with Crippen molar-refractivity contribution in [2.75, 3.05) is 13.7 Å². The van der Waals surface area contributed by atoms with Crippen molar-refractivity contribution in [2.45, 2.75) is 19.1 Å². The molecule has 4 heteroatoms. The molecule has 1 aromatic carbocycles. The predicted octanol–water partition coefficient (Wildman–Crippen LogP) is 1.55. The minimum atomic E-state index is -0.942. The van der Waals surface area contributed by atoms with Crippen LogP contribution in [-0.2, 0) is 14.3 Å². The summed E-state index contributed by atoms with van der Waals surface area (Å²) in [6.45, 7) is 1.59. The molecule has 0 spiro atoms. The lowest BCUT2D eigenvalue weighted by Crippen LogP contribution is -2.26. The third-order valence-corrected chi connectivity index (χ3v) is 2.88. The van der Waals surface area contributed by atoms with Gasteiger partial charge in [0.15, 0.2) is 0 Å². The maximum absolute atomic E-state index is 11.2. The molecular formula is C15H18O4. The maximum Gasteiger partial charge on any atom is 0.331 e. The van der Waals surface area contributed by atoms with Crippen LogP contribution in [0.3, 0.4) is 0 Å². The monoisotopic (exact) mass is 262 g/mol. The molecule has 2 unspecified atom stereocenters. The van der Waals surface area contributed by atoms with Crippen molar-refractivity contribution in [3.8, 4) is 12.3 Å². The van der Waals surface area contributed by atoms with Gasteiger partial charge in [-0.2, -0.15) is 0 Å². The molecule has 19 heavy (non-hydrogen) atoms. The van der Waals surface area contributed by atoms with E-state index < -0.39 is 18.2 Å². The number of aliphatic hydroxyl groups is 1. The molecule has 0 aliphatic rings. The van der Waals surface area contributed by atoms with E-state index in [0.29, 0.717) is 0 Å². The van der Waals surface area contributed by atoms with Crippen LogP contribution in [0.5, 0.6) is 0 Å². The number of hydrogen-bond donors (Lipinski definition) is 1. The molecule has 0 aliphatic heterocycles. The number of terminal acetylenes is 1. The molecule has 0 amide bonds.